The highest BCUT2D eigenvalue weighted by atomic mass is 79.9. The van der Waals surface area contributed by atoms with Crippen LogP contribution in [0.3, 0.4) is 0 Å². The second-order valence-corrected chi connectivity index (χ2v) is 5.96. The Morgan fingerprint density at radius 2 is 2.38 bits per heavy atom. The zero-order valence-corrected chi connectivity index (χ0v) is 10.5. The Hall–Kier alpha value is 0.470. The van der Waals surface area contributed by atoms with Crippen LogP contribution in [-0.2, 0) is 0 Å². The van der Waals surface area contributed by atoms with E-state index in [1.807, 2.05) is 0 Å². The van der Waals surface area contributed by atoms with Crippen LogP contribution in [0.15, 0.2) is 15.9 Å². The highest BCUT2D eigenvalue weighted by Gasteiger charge is 2.23. The zero-order valence-electron chi connectivity index (χ0n) is 7.30. The van der Waals surface area contributed by atoms with Crippen LogP contribution in [0.5, 0.6) is 0 Å². The Morgan fingerprint density at radius 1 is 1.62 bits per heavy atom. The van der Waals surface area contributed by atoms with E-state index in [-0.39, 0.29) is 5.38 Å². The summed E-state index contributed by atoms with van der Waals surface area (Å²) in [5, 5.41) is 2.31. The molecule has 1 atom stereocenters. The van der Waals surface area contributed by atoms with E-state index in [0.717, 1.165) is 12.3 Å². The summed E-state index contributed by atoms with van der Waals surface area (Å²) < 4.78 is 1.18. The molecular weight excluding hydrogens is 268 g/mol. The molecule has 1 saturated carbocycles. The molecule has 1 aromatic heterocycles. The summed E-state index contributed by atoms with van der Waals surface area (Å²) in [7, 11) is 0. The van der Waals surface area contributed by atoms with Gasteiger partial charge in [-0.3, -0.25) is 0 Å². The summed E-state index contributed by atoms with van der Waals surface area (Å²) in [5.74, 6) is 0.886. The number of hydrogen-bond donors (Lipinski definition) is 0. The minimum Gasteiger partial charge on any atom is -0.146 e. The Labute approximate surface area is 96.4 Å². The molecule has 1 aliphatic carbocycles. The van der Waals surface area contributed by atoms with Crippen LogP contribution in [0.2, 0.25) is 0 Å². The van der Waals surface area contributed by atoms with Gasteiger partial charge in [-0.15, -0.1) is 22.9 Å². The summed E-state index contributed by atoms with van der Waals surface area (Å²) in [4.78, 5) is 1.30. The maximum Gasteiger partial charge on any atom is 0.0692 e. The third kappa shape index (κ3) is 2.28. The normalized spacial score (nSPS) is 19.8. The minimum atomic E-state index is 0.222. The van der Waals surface area contributed by atoms with Crippen molar-refractivity contribution in [3.05, 3.63) is 20.8 Å². The van der Waals surface area contributed by atoms with Gasteiger partial charge < -0.3 is 0 Å². The molecule has 1 aliphatic rings. The number of rotatable bonds is 3. The Kier molecular flexibility index (Phi) is 3.33. The van der Waals surface area contributed by atoms with E-state index in [4.69, 9.17) is 11.6 Å². The molecule has 1 heterocycles. The molecule has 1 fully saturated rings. The third-order valence-electron chi connectivity index (χ3n) is 2.69. The number of hydrogen-bond acceptors (Lipinski definition) is 1. The van der Waals surface area contributed by atoms with E-state index in [1.54, 1.807) is 11.3 Å². The molecule has 1 unspecified atom stereocenters. The van der Waals surface area contributed by atoms with Crippen molar-refractivity contribution in [2.75, 3.05) is 0 Å². The molecule has 2 rings (SSSR count). The summed E-state index contributed by atoms with van der Waals surface area (Å²) >= 11 is 11.6. The van der Waals surface area contributed by atoms with Crippen LogP contribution in [0, 0.1) is 5.92 Å². The first-order valence-electron chi connectivity index (χ1n) is 4.64. The second kappa shape index (κ2) is 4.33. The van der Waals surface area contributed by atoms with Crippen LogP contribution in [-0.4, -0.2) is 0 Å². The third-order valence-corrected chi connectivity index (χ3v) is 5.20. The average Bonchev–Trinajstić information content (AvgIpc) is 2.43. The molecule has 0 bridgehead atoms. The van der Waals surface area contributed by atoms with Crippen molar-refractivity contribution >= 4 is 38.9 Å². The molecule has 0 N–H and O–H groups in total. The Morgan fingerprint density at radius 3 is 2.85 bits per heavy atom. The Bertz CT molecular complexity index is 280. The first kappa shape index (κ1) is 10.0. The average molecular weight is 280 g/mol. The minimum absolute atomic E-state index is 0.222. The van der Waals surface area contributed by atoms with Crippen molar-refractivity contribution < 1.29 is 0 Å². The van der Waals surface area contributed by atoms with Crippen molar-refractivity contribution in [2.24, 2.45) is 5.92 Å². The van der Waals surface area contributed by atoms with Gasteiger partial charge in [0, 0.05) is 9.35 Å². The fraction of sp³-hybridized carbons (Fsp3) is 0.600. The van der Waals surface area contributed by atoms with Crippen molar-refractivity contribution in [1.82, 2.24) is 0 Å². The molecule has 0 radical (unpaired) electrons. The van der Waals surface area contributed by atoms with Gasteiger partial charge in [0.25, 0.3) is 0 Å². The van der Waals surface area contributed by atoms with Crippen molar-refractivity contribution in [3.63, 3.8) is 0 Å². The standard InChI is InChI=1S/C10H12BrClS/c11-8-4-5-13-10(8)9(12)6-7-2-1-3-7/h4-5,7,9H,1-3,6H2. The molecule has 3 heteroatoms. The molecule has 0 aliphatic heterocycles. The monoisotopic (exact) mass is 278 g/mol. The maximum absolute atomic E-state index is 6.34. The van der Waals surface area contributed by atoms with E-state index >= 15 is 0 Å². The number of thiophene rings is 1. The lowest BCUT2D eigenvalue weighted by molar-refractivity contribution is 0.294. The van der Waals surface area contributed by atoms with Gasteiger partial charge in [0.05, 0.1) is 5.38 Å². The molecular formula is C10H12BrClS. The van der Waals surface area contributed by atoms with E-state index in [2.05, 4.69) is 27.4 Å². The lowest BCUT2D eigenvalue weighted by Gasteiger charge is -2.27. The summed E-state index contributed by atoms with van der Waals surface area (Å²) in [6.45, 7) is 0. The zero-order chi connectivity index (χ0) is 9.26. The second-order valence-electron chi connectivity index (χ2n) is 3.63. The molecule has 0 amide bonds. The highest BCUT2D eigenvalue weighted by molar-refractivity contribution is 9.10. The van der Waals surface area contributed by atoms with Gasteiger partial charge in [-0.05, 0) is 39.7 Å². The van der Waals surface area contributed by atoms with Crippen molar-refractivity contribution in [2.45, 2.75) is 31.1 Å². The molecule has 0 aromatic carbocycles. The number of alkyl halides is 1. The molecule has 1 aromatic rings. The van der Waals surface area contributed by atoms with Gasteiger partial charge in [-0.2, -0.15) is 0 Å². The molecule has 72 valence electrons. The molecule has 0 saturated heterocycles. The van der Waals surface area contributed by atoms with Crippen LogP contribution >= 0.6 is 38.9 Å². The lowest BCUT2D eigenvalue weighted by Crippen LogP contribution is -2.12. The van der Waals surface area contributed by atoms with Crippen LogP contribution < -0.4 is 0 Å². The van der Waals surface area contributed by atoms with E-state index in [0.29, 0.717) is 0 Å². The van der Waals surface area contributed by atoms with Gasteiger partial charge >= 0.3 is 0 Å². The van der Waals surface area contributed by atoms with Crippen LogP contribution in [0.25, 0.3) is 0 Å². The predicted octanol–water partition coefficient (Wildman–Crippen LogP) is 4.98. The largest absolute Gasteiger partial charge is 0.146 e. The fourth-order valence-electron chi connectivity index (χ4n) is 1.66. The fourth-order valence-corrected chi connectivity index (χ4v) is 3.95. The van der Waals surface area contributed by atoms with Gasteiger partial charge in [0.1, 0.15) is 0 Å². The SMILES string of the molecule is ClC(CC1CCC1)c1sccc1Br. The van der Waals surface area contributed by atoms with E-state index < -0.39 is 0 Å². The summed E-state index contributed by atoms with van der Waals surface area (Å²) in [5.41, 5.74) is 0. The van der Waals surface area contributed by atoms with Gasteiger partial charge in [0.2, 0.25) is 0 Å². The smallest absolute Gasteiger partial charge is 0.0692 e. The van der Waals surface area contributed by atoms with Crippen LogP contribution in [0.4, 0.5) is 0 Å². The molecule has 0 nitrogen and oxygen atoms in total. The predicted molar refractivity (Wildman–Crippen MR) is 62.6 cm³/mol. The summed E-state index contributed by atoms with van der Waals surface area (Å²) in [6.07, 6.45) is 5.32. The van der Waals surface area contributed by atoms with Crippen LogP contribution in [0.1, 0.15) is 35.9 Å². The molecule has 0 spiro atoms. The topological polar surface area (TPSA) is 0 Å². The molecule has 13 heavy (non-hydrogen) atoms. The summed E-state index contributed by atoms with van der Waals surface area (Å²) in [6, 6.07) is 2.08. The van der Waals surface area contributed by atoms with Crippen molar-refractivity contribution in [1.29, 1.82) is 0 Å². The lowest BCUT2D eigenvalue weighted by atomic mass is 9.82. The quantitative estimate of drug-likeness (QED) is 0.685. The highest BCUT2D eigenvalue weighted by Crippen LogP contribution is 2.41. The first-order valence-corrected chi connectivity index (χ1v) is 6.75. The van der Waals surface area contributed by atoms with Gasteiger partial charge in [-0.25, -0.2) is 0 Å². The maximum atomic E-state index is 6.34. The Balaban J connectivity index is 1.96. The van der Waals surface area contributed by atoms with Gasteiger partial charge in [0.15, 0.2) is 0 Å². The van der Waals surface area contributed by atoms with E-state index in [1.165, 1.54) is 28.6 Å². The first-order chi connectivity index (χ1) is 6.27. The van der Waals surface area contributed by atoms with Gasteiger partial charge in [-0.1, -0.05) is 19.3 Å². The van der Waals surface area contributed by atoms with Crippen molar-refractivity contribution in [3.8, 4) is 0 Å². The van der Waals surface area contributed by atoms with E-state index in [9.17, 15) is 0 Å². The number of halogens is 2.